The fourth-order valence-corrected chi connectivity index (χ4v) is 4.53. The number of amides is 1. The number of hydrogen-bond acceptors (Lipinski definition) is 4. The van der Waals surface area contributed by atoms with Crippen LogP contribution in [0.5, 0.6) is 11.5 Å². The largest absolute Gasteiger partial charge is 0.493 e. The fourth-order valence-electron chi connectivity index (χ4n) is 4.53. The monoisotopic (exact) mass is 372 g/mol. The fraction of sp³-hybridized carbons (Fsp3) is 0.636. The second-order valence-corrected chi connectivity index (χ2v) is 8.56. The van der Waals surface area contributed by atoms with E-state index in [1.54, 1.807) is 25.3 Å². The molecule has 0 saturated heterocycles. The topological polar surface area (TPSA) is 59.9 Å². The number of hydrazone groups is 1. The van der Waals surface area contributed by atoms with E-state index in [0.717, 1.165) is 31.4 Å². The highest BCUT2D eigenvalue weighted by atomic mass is 16.5. The first-order valence-electron chi connectivity index (χ1n) is 10.0. The molecule has 0 unspecified atom stereocenters. The molecular formula is C22H32N2O3. The first kappa shape index (κ1) is 19.7. The molecule has 2 aliphatic rings. The highest BCUT2D eigenvalue weighted by Gasteiger charge is 2.60. The zero-order valence-corrected chi connectivity index (χ0v) is 17.2. The number of nitrogens with zero attached hydrogens (tertiary/aromatic N) is 1. The lowest BCUT2D eigenvalue weighted by Gasteiger charge is -2.34. The van der Waals surface area contributed by atoms with Crippen molar-refractivity contribution in [2.75, 3.05) is 13.7 Å². The van der Waals surface area contributed by atoms with E-state index in [2.05, 4.69) is 38.2 Å². The van der Waals surface area contributed by atoms with Gasteiger partial charge in [0.1, 0.15) is 0 Å². The van der Waals surface area contributed by atoms with Gasteiger partial charge in [0.05, 0.1) is 13.7 Å². The van der Waals surface area contributed by atoms with Crippen molar-refractivity contribution in [3.63, 3.8) is 0 Å². The first-order valence-corrected chi connectivity index (χ1v) is 10.0. The Labute approximate surface area is 162 Å². The Morgan fingerprint density at radius 2 is 2.07 bits per heavy atom. The van der Waals surface area contributed by atoms with Crippen LogP contribution in [0.2, 0.25) is 0 Å². The zero-order chi connectivity index (χ0) is 19.7. The molecule has 0 heterocycles. The van der Waals surface area contributed by atoms with Gasteiger partial charge in [-0.25, -0.2) is 5.43 Å². The van der Waals surface area contributed by atoms with Gasteiger partial charge in [0, 0.05) is 16.7 Å². The summed E-state index contributed by atoms with van der Waals surface area (Å²) in [7, 11) is 1.59. The zero-order valence-electron chi connectivity index (χ0n) is 17.2. The van der Waals surface area contributed by atoms with E-state index in [9.17, 15) is 4.79 Å². The minimum absolute atomic E-state index is 0.0829. The number of nitrogens with one attached hydrogen (secondary N) is 1. The molecule has 0 aliphatic heterocycles. The number of rotatable bonds is 7. The smallest absolute Gasteiger partial charge is 0.271 e. The molecule has 148 valence electrons. The number of unbranched alkanes of at least 4 members (excludes halogenated alkanes) is 1. The van der Waals surface area contributed by atoms with Gasteiger partial charge in [0.2, 0.25) is 0 Å². The summed E-state index contributed by atoms with van der Waals surface area (Å²) in [6.07, 6.45) is 5.44. The van der Waals surface area contributed by atoms with E-state index < -0.39 is 0 Å². The third kappa shape index (κ3) is 3.44. The van der Waals surface area contributed by atoms with Crippen molar-refractivity contribution in [1.82, 2.24) is 5.43 Å². The van der Waals surface area contributed by atoms with Crippen LogP contribution in [0.25, 0.3) is 0 Å². The van der Waals surface area contributed by atoms with E-state index >= 15 is 0 Å². The minimum atomic E-state index is -0.218. The summed E-state index contributed by atoms with van der Waals surface area (Å²) in [5.41, 5.74) is 4.74. The SMILES string of the molecule is CCCCOc1ccc(C(=O)N/N=C2/C[C@@H]3CC[C@]2(C)C3(C)C)cc1OC. The van der Waals surface area contributed by atoms with Crippen LogP contribution in [0.3, 0.4) is 0 Å². The average molecular weight is 373 g/mol. The van der Waals surface area contributed by atoms with Gasteiger partial charge in [0.25, 0.3) is 5.91 Å². The summed E-state index contributed by atoms with van der Waals surface area (Å²) in [6, 6.07) is 5.26. The molecular weight excluding hydrogens is 340 g/mol. The van der Waals surface area contributed by atoms with Gasteiger partial charge in [-0.05, 0) is 55.2 Å². The summed E-state index contributed by atoms with van der Waals surface area (Å²) < 4.78 is 11.1. The van der Waals surface area contributed by atoms with Crippen molar-refractivity contribution >= 4 is 11.6 Å². The Hall–Kier alpha value is -2.04. The van der Waals surface area contributed by atoms with E-state index in [-0.39, 0.29) is 16.7 Å². The minimum Gasteiger partial charge on any atom is -0.493 e. The summed E-state index contributed by atoms with van der Waals surface area (Å²) in [4.78, 5) is 12.6. The predicted octanol–water partition coefficient (Wildman–Crippen LogP) is 4.81. The maximum Gasteiger partial charge on any atom is 0.271 e. The number of benzene rings is 1. The van der Waals surface area contributed by atoms with Gasteiger partial charge >= 0.3 is 0 Å². The molecule has 2 atom stereocenters. The number of carbonyl (C=O) groups is 1. The maximum absolute atomic E-state index is 12.6. The number of methoxy groups -OCH3 is 1. The highest BCUT2D eigenvalue weighted by molar-refractivity contribution is 5.98. The Morgan fingerprint density at radius 3 is 2.67 bits per heavy atom. The lowest BCUT2D eigenvalue weighted by molar-refractivity contribution is 0.0953. The number of hydrogen-bond donors (Lipinski definition) is 1. The summed E-state index contributed by atoms with van der Waals surface area (Å²) in [5, 5.41) is 4.53. The van der Waals surface area contributed by atoms with Gasteiger partial charge in [-0.15, -0.1) is 0 Å². The lowest BCUT2D eigenvalue weighted by atomic mass is 9.70. The molecule has 3 rings (SSSR count). The molecule has 1 amide bonds. The predicted molar refractivity (Wildman–Crippen MR) is 108 cm³/mol. The van der Waals surface area contributed by atoms with Crippen LogP contribution in [0, 0.1) is 16.7 Å². The first-order chi connectivity index (χ1) is 12.8. The molecule has 1 aromatic rings. The van der Waals surface area contributed by atoms with Crippen LogP contribution < -0.4 is 14.9 Å². The molecule has 2 aliphatic carbocycles. The molecule has 0 aromatic heterocycles. The van der Waals surface area contributed by atoms with Crippen molar-refractivity contribution in [2.24, 2.45) is 21.8 Å². The average Bonchev–Trinajstić information content (AvgIpc) is 2.99. The summed E-state index contributed by atoms with van der Waals surface area (Å²) in [5.74, 6) is 1.68. The molecule has 27 heavy (non-hydrogen) atoms. The van der Waals surface area contributed by atoms with Crippen molar-refractivity contribution in [3.8, 4) is 11.5 Å². The van der Waals surface area contributed by atoms with E-state index in [4.69, 9.17) is 9.47 Å². The molecule has 5 nitrogen and oxygen atoms in total. The van der Waals surface area contributed by atoms with Crippen LogP contribution >= 0.6 is 0 Å². The normalized spacial score (nSPS) is 27.0. The third-order valence-corrected chi connectivity index (χ3v) is 6.99. The van der Waals surface area contributed by atoms with Crippen LogP contribution in [-0.2, 0) is 0 Å². The van der Waals surface area contributed by atoms with Gasteiger partial charge in [0.15, 0.2) is 11.5 Å². The Kier molecular flexibility index (Phi) is 5.50. The maximum atomic E-state index is 12.6. The van der Waals surface area contributed by atoms with Crippen molar-refractivity contribution in [2.45, 2.75) is 59.8 Å². The van der Waals surface area contributed by atoms with E-state index in [0.29, 0.717) is 29.6 Å². The Balaban J connectivity index is 1.70. The molecule has 1 aromatic carbocycles. The highest BCUT2D eigenvalue weighted by Crippen LogP contribution is 2.63. The molecule has 2 fully saturated rings. The van der Waals surface area contributed by atoms with Crippen molar-refractivity contribution in [3.05, 3.63) is 23.8 Å². The Bertz CT molecular complexity index is 741. The Morgan fingerprint density at radius 1 is 1.30 bits per heavy atom. The lowest BCUT2D eigenvalue weighted by Crippen LogP contribution is -2.34. The van der Waals surface area contributed by atoms with Crippen LogP contribution in [-0.4, -0.2) is 25.3 Å². The second-order valence-electron chi connectivity index (χ2n) is 8.56. The summed E-state index contributed by atoms with van der Waals surface area (Å²) >= 11 is 0. The van der Waals surface area contributed by atoms with Gasteiger partial charge in [-0.3, -0.25) is 4.79 Å². The van der Waals surface area contributed by atoms with Crippen LogP contribution in [0.1, 0.15) is 70.2 Å². The van der Waals surface area contributed by atoms with E-state index in [1.165, 1.54) is 6.42 Å². The van der Waals surface area contributed by atoms with Gasteiger partial charge in [-0.1, -0.05) is 34.1 Å². The molecule has 0 radical (unpaired) electrons. The van der Waals surface area contributed by atoms with Crippen molar-refractivity contribution in [1.29, 1.82) is 0 Å². The van der Waals surface area contributed by atoms with E-state index in [1.807, 2.05) is 0 Å². The second kappa shape index (κ2) is 7.53. The van der Waals surface area contributed by atoms with Crippen LogP contribution in [0.15, 0.2) is 23.3 Å². The quantitative estimate of drug-likeness (QED) is 0.552. The number of ether oxygens (including phenoxy) is 2. The van der Waals surface area contributed by atoms with Gasteiger partial charge in [-0.2, -0.15) is 5.10 Å². The van der Waals surface area contributed by atoms with Crippen molar-refractivity contribution < 1.29 is 14.3 Å². The van der Waals surface area contributed by atoms with Gasteiger partial charge < -0.3 is 9.47 Å². The summed E-state index contributed by atoms with van der Waals surface area (Å²) in [6.45, 7) is 9.71. The molecule has 2 saturated carbocycles. The number of carbonyl (C=O) groups excluding carboxylic acids is 1. The van der Waals surface area contributed by atoms with Crippen LogP contribution in [0.4, 0.5) is 0 Å². The molecule has 5 heteroatoms. The molecule has 1 N–H and O–H groups in total. The molecule has 0 spiro atoms. The standard InChI is InChI=1S/C22H32N2O3/c1-6-7-12-27-17-9-8-15(13-18(17)26-5)20(25)24-23-19-14-16-10-11-22(19,4)21(16,2)3/h8-9,13,16H,6-7,10-12,14H2,1-5H3,(H,24,25)/b23-19-/t16-,22-/m0/s1. The molecule has 2 bridgehead atoms. The third-order valence-electron chi connectivity index (χ3n) is 6.99. The number of fused-ring (bicyclic) bond motifs is 2.